The summed E-state index contributed by atoms with van der Waals surface area (Å²) in [7, 11) is 0. The first-order chi connectivity index (χ1) is 8.48. The zero-order chi connectivity index (χ0) is 12.9. The summed E-state index contributed by atoms with van der Waals surface area (Å²) in [6.07, 6.45) is -3.97. The van der Waals surface area contributed by atoms with Crippen LogP contribution in [0.1, 0.15) is 30.3 Å². The van der Waals surface area contributed by atoms with Crippen molar-refractivity contribution < 1.29 is 18.3 Å². The molecule has 3 rings (SSSR count). The minimum atomic E-state index is -4.40. The zero-order valence-electron chi connectivity index (χ0n) is 9.41. The van der Waals surface area contributed by atoms with E-state index in [-0.39, 0.29) is 5.52 Å². The molecule has 1 aromatic heterocycles. The lowest BCUT2D eigenvalue weighted by atomic mass is 10.1. The van der Waals surface area contributed by atoms with E-state index in [4.69, 9.17) is 0 Å². The molecular weight excluding hydrogens is 245 g/mol. The Morgan fingerprint density at radius 3 is 2.83 bits per heavy atom. The number of hydrogen-bond acceptors (Lipinski definition) is 2. The highest BCUT2D eigenvalue weighted by Crippen LogP contribution is 2.37. The fourth-order valence-corrected chi connectivity index (χ4v) is 2.48. The molecule has 0 amide bonds. The lowest BCUT2D eigenvalue weighted by molar-refractivity contribution is -0.136. The molecule has 1 N–H and O–H groups in total. The number of aryl methyl sites for hydroxylation is 1. The zero-order valence-corrected chi connectivity index (χ0v) is 9.41. The minimum absolute atomic E-state index is 0.0822. The van der Waals surface area contributed by atoms with Crippen molar-refractivity contribution >= 4 is 11.0 Å². The number of hydrogen-bond donors (Lipinski definition) is 1. The molecule has 1 aliphatic rings. The molecule has 0 radical (unpaired) electrons. The highest BCUT2D eigenvalue weighted by atomic mass is 19.4. The Kier molecular flexibility index (Phi) is 2.38. The van der Waals surface area contributed by atoms with Crippen LogP contribution in [0.25, 0.3) is 11.0 Å². The largest absolute Gasteiger partial charge is 0.418 e. The van der Waals surface area contributed by atoms with Gasteiger partial charge in [0.05, 0.1) is 16.6 Å². The lowest BCUT2D eigenvalue weighted by Crippen LogP contribution is -2.17. The Morgan fingerprint density at radius 1 is 1.33 bits per heavy atom. The van der Waals surface area contributed by atoms with Crippen LogP contribution in [0.3, 0.4) is 0 Å². The second-order valence-corrected chi connectivity index (χ2v) is 4.45. The number of fused-ring (bicyclic) bond motifs is 3. The lowest BCUT2D eigenvalue weighted by Gasteiger charge is -2.20. The van der Waals surface area contributed by atoms with E-state index in [0.717, 1.165) is 6.07 Å². The molecule has 1 atom stereocenters. The number of aliphatic hydroxyl groups excluding tert-OH is 1. The van der Waals surface area contributed by atoms with E-state index < -0.39 is 17.8 Å². The molecular formula is C12H11F3N2O. The molecule has 0 saturated carbocycles. The van der Waals surface area contributed by atoms with Crippen molar-refractivity contribution in [1.29, 1.82) is 0 Å². The molecule has 1 aromatic carbocycles. The molecule has 0 aliphatic carbocycles. The Balaban J connectivity index is 2.34. The summed E-state index contributed by atoms with van der Waals surface area (Å²) < 4.78 is 40.4. The van der Waals surface area contributed by atoms with Crippen LogP contribution >= 0.6 is 0 Å². The van der Waals surface area contributed by atoms with Crippen LogP contribution in [-0.2, 0) is 12.7 Å². The summed E-state index contributed by atoms with van der Waals surface area (Å²) in [6, 6.07) is 3.94. The minimum Gasteiger partial charge on any atom is -0.385 e. The maximum Gasteiger partial charge on any atom is 0.418 e. The highest BCUT2D eigenvalue weighted by molar-refractivity contribution is 5.80. The molecule has 1 unspecified atom stereocenters. The predicted octanol–water partition coefficient (Wildman–Crippen LogP) is 2.88. The Hall–Kier alpha value is -1.56. The smallest absolute Gasteiger partial charge is 0.385 e. The third-order valence-electron chi connectivity index (χ3n) is 3.26. The van der Waals surface area contributed by atoms with Gasteiger partial charge in [-0.05, 0) is 25.0 Å². The van der Waals surface area contributed by atoms with Gasteiger partial charge in [0.25, 0.3) is 0 Å². The van der Waals surface area contributed by atoms with Gasteiger partial charge in [-0.15, -0.1) is 0 Å². The van der Waals surface area contributed by atoms with Crippen LogP contribution in [0.15, 0.2) is 18.2 Å². The quantitative estimate of drug-likeness (QED) is 0.787. The fourth-order valence-electron chi connectivity index (χ4n) is 2.48. The number of para-hydroxylation sites is 1. The summed E-state index contributed by atoms with van der Waals surface area (Å²) in [5.74, 6) is 0.341. The molecule has 0 saturated heterocycles. The van der Waals surface area contributed by atoms with Gasteiger partial charge in [-0.25, -0.2) is 4.98 Å². The molecule has 0 fully saturated rings. The molecule has 2 heterocycles. The number of imidazole rings is 1. The van der Waals surface area contributed by atoms with Gasteiger partial charge >= 0.3 is 6.18 Å². The van der Waals surface area contributed by atoms with Gasteiger partial charge in [-0.3, -0.25) is 0 Å². The molecule has 96 valence electrons. The highest BCUT2D eigenvalue weighted by Gasteiger charge is 2.35. The van der Waals surface area contributed by atoms with Gasteiger partial charge in [0.1, 0.15) is 11.9 Å². The van der Waals surface area contributed by atoms with Crippen molar-refractivity contribution in [1.82, 2.24) is 9.55 Å². The van der Waals surface area contributed by atoms with E-state index in [0.29, 0.717) is 30.7 Å². The number of halogens is 3. The SMILES string of the molecule is OC1CCCn2c1nc1cccc(C(F)(F)F)c12. The van der Waals surface area contributed by atoms with Crippen molar-refractivity contribution in [2.75, 3.05) is 0 Å². The molecule has 1 aliphatic heterocycles. The van der Waals surface area contributed by atoms with Crippen LogP contribution < -0.4 is 0 Å². The van der Waals surface area contributed by atoms with Gasteiger partial charge in [0.15, 0.2) is 0 Å². The number of aliphatic hydroxyl groups is 1. The molecule has 2 aromatic rings. The monoisotopic (exact) mass is 256 g/mol. The number of nitrogens with zero attached hydrogens (tertiary/aromatic N) is 2. The van der Waals surface area contributed by atoms with Gasteiger partial charge in [0.2, 0.25) is 0 Å². The molecule has 0 bridgehead atoms. The van der Waals surface area contributed by atoms with Gasteiger partial charge in [0, 0.05) is 6.54 Å². The van der Waals surface area contributed by atoms with Crippen LogP contribution in [0.2, 0.25) is 0 Å². The van der Waals surface area contributed by atoms with Crippen molar-refractivity contribution in [2.45, 2.75) is 31.7 Å². The van der Waals surface area contributed by atoms with Gasteiger partial charge in [-0.1, -0.05) is 6.07 Å². The van der Waals surface area contributed by atoms with Gasteiger partial charge in [-0.2, -0.15) is 13.2 Å². The average molecular weight is 256 g/mol. The summed E-state index contributed by atoms with van der Waals surface area (Å²) in [5.41, 5.74) is -0.313. The number of alkyl halides is 3. The topological polar surface area (TPSA) is 38.0 Å². The predicted molar refractivity (Wildman–Crippen MR) is 58.9 cm³/mol. The second-order valence-electron chi connectivity index (χ2n) is 4.45. The summed E-state index contributed by atoms with van der Waals surface area (Å²) in [5, 5.41) is 9.79. The Bertz CT molecular complexity index is 603. The van der Waals surface area contributed by atoms with E-state index in [1.165, 1.54) is 10.6 Å². The van der Waals surface area contributed by atoms with Crippen molar-refractivity contribution in [3.8, 4) is 0 Å². The number of benzene rings is 1. The van der Waals surface area contributed by atoms with Crippen molar-refractivity contribution in [3.05, 3.63) is 29.6 Å². The maximum atomic E-state index is 13.0. The van der Waals surface area contributed by atoms with E-state index in [2.05, 4.69) is 4.98 Å². The third kappa shape index (κ3) is 1.59. The molecule has 18 heavy (non-hydrogen) atoms. The number of aromatic nitrogens is 2. The summed E-state index contributed by atoms with van der Waals surface area (Å²) >= 11 is 0. The average Bonchev–Trinajstić information content (AvgIpc) is 2.68. The van der Waals surface area contributed by atoms with Crippen LogP contribution in [0.5, 0.6) is 0 Å². The standard InChI is InChI=1S/C12H11F3N2O/c13-12(14,15)7-3-1-4-8-10(7)17-6-2-5-9(18)11(17)16-8/h1,3-4,9,18H,2,5-6H2. The van der Waals surface area contributed by atoms with E-state index >= 15 is 0 Å². The van der Waals surface area contributed by atoms with E-state index in [1.807, 2.05) is 0 Å². The first kappa shape index (κ1) is 11.5. The van der Waals surface area contributed by atoms with E-state index in [1.54, 1.807) is 6.07 Å². The second kappa shape index (κ2) is 3.71. The summed E-state index contributed by atoms with van der Waals surface area (Å²) in [4.78, 5) is 4.12. The summed E-state index contributed by atoms with van der Waals surface area (Å²) in [6.45, 7) is 0.468. The Morgan fingerprint density at radius 2 is 2.11 bits per heavy atom. The maximum absolute atomic E-state index is 13.0. The molecule has 0 spiro atoms. The van der Waals surface area contributed by atoms with Crippen molar-refractivity contribution in [3.63, 3.8) is 0 Å². The molecule has 3 nitrogen and oxygen atoms in total. The van der Waals surface area contributed by atoms with Crippen LogP contribution in [0.4, 0.5) is 13.2 Å². The van der Waals surface area contributed by atoms with Gasteiger partial charge < -0.3 is 9.67 Å². The number of rotatable bonds is 0. The Labute approximate surface area is 101 Å². The fraction of sp³-hybridized carbons (Fsp3) is 0.417. The third-order valence-corrected chi connectivity index (χ3v) is 3.26. The van der Waals surface area contributed by atoms with Crippen molar-refractivity contribution in [2.24, 2.45) is 0 Å². The molecule has 6 heteroatoms. The van der Waals surface area contributed by atoms with Crippen LogP contribution in [0, 0.1) is 0 Å². The first-order valence-corrected chi connectivity index (χ1v) is 5.73. The van der Waals surface area contributed by atoms with Crippen LogP contribution in [-0.4, -0.2) is 14.7 Å². The van der Waals surface area contributed by atoms with E-state index in [9.17, 15) is 18.3 Å². The normalized spacial score (nSPS) is 20.1. The first-order valence-electron chi connectivity index (χ1n) is 5.73.